The van der Waals surface area contributed by atoms with Gasteiger partial charge in [0.15, 0.2) is 0 Å². The van der Waals surface area contributed by atoms with E-state index in [1.165, 1.54) is 65.2 Å². The Hall–Kier alpha value is -6.04. The Bertz CT molecular complexity index is 2550. The van der Waals surface area contributed by atoms with Gasteiger partial charge in [0.05, 0.1) is 12.1 Å². The lowest BCUT2D eigenvalue weighted by atomic mass is 9.43. The first kappa shape index (κ1) is 36.1. The highest BCUT2D eigenvalue weighted by Gasteiger charge is 2.74. The maximum absolute atomic E-state index is 5.75. The molecular formula is C55H42N2P2. The van der Waals surface area contributed by atoms with Gasteiger partial charge in [-0.3, -0.25) is 9.98 Å². The minimum absolute atomic E-state index is 0.0387. The molecule has 2 nitrogen and oxygen atoms in total. The summed E-state index contributed by atoms with van der Waals surface area (Å²) in [7, 11) is -1.60. The topological polar surface area (TPSA) is 24.7 Å². The zero-order chi connectivity index (χ0) is 39.2. The molecule has 1 saturated carbocycles. The van der Waals surface area contributed by atoms with Crippen LogP contribution in [0.5, 0.6) is 0 Å². The predicted molar refractivity (Wildman–Crippen MR) is 252 cm³/mol. The molecule has 8 aromatic rings. The van der Waals surface area contributed by atoms with Crippen molar-refractivity contribution in [2.24, 2.45) is 9.98 Å². The van der Waals surface area contributed by atoms with Crippen molar-refractivity contribution in [1.82, 2.24) is 0 Å². The summed E-state index contributed by atoms with van der Waals surface area (Å²) in [5.74, 6) is 0.491. The van der Waals surface area contributed by atoms with Crippen molar-refractivity contribution in [3.8, 4) is 0 Å². The van der Waals surface area contributed by atoms with Gasteiger partial charge in [-0.15, -0.1) is 0 Å². The Balaban J connectivity index is 1.04. The minimum atomic E-state index is -0.799. The van der Waals surface area contributed by atoms with Crippen LogP contribution in [0.2, 0.25) is 0 Å². The van der Waals surface area contributed by atoms with E-state index in [-0.39, 0.29) is 29.3 Å². The lowest BCUT2D eigenvalue weighted by Crippen LogP contribution is -2.53. The lowest BCUT2D eigenvalue weighted by Gasteiger charge is -2.58. The van der Waals surface area contributed by atoms with Crippen LogP contribution in [-0.4, -0.2) is 24.5 Å². The van der Waals surface area contributed by atoms with Gasteiger partial charge in [-0.05, 0) is 69.9 Å². The van der Waals surface area contributed by atoms with Gasteiger partial charge in [-0.1, -0.05) is 218 Å². The van der Waals surface area contributed by atoms with Crippen molar-refractivity contribution in [3.05, 3.63) is 252 Å². The summed E-state index contributed by atoms with van der Waals surface area (Å²) < 4.78 is 0. The molecule has 11 rings (SSSR count). The molecular weight excluding hydrogens is 751 g/mol. The van der Waals surface area contributed by atoms with Crippen molar-refractivity contribution < 1.29 is 0 Å². The quantitative estimate of drug-likeness (QED) is 0.0974. The average Bonchev–Trinajstić information content (AvgIpc) is 3.50. The smallest absolute Gasteiger partial charge is 0.0810 e. The SMILES string of the molecule is C(=N[C@@H]1C2c3ccccc3C23c2ccccc2C3[C@H]1N=Cc1ccccc1P(c1ccccc1)c1ccccc1)c1ccccc1P(c1ccccc1)c1ccccc1. The molecule has 59 heavy (non-hydrogen) atoms. The Morgan fingerprint density at radius 1 is 0.339 bits per heavy atom. The summed E-state index contributed by atoms with van der Waals surface area (Å²) in [6, 6.07) is 79.9. The maximum Gasteiger partial charge on any atom is 0.0810 e. The van der Waals surface area contributed by atoms with Gasteiger partial charge < -0.3 is 0 Å². The van der Waals surface area contributed by atoms with E-state index in [1.54, 1.807) is 0 Å². The largest absolute Gasteiger partial charge is 0.286 e. The van der Waals surface area contributed by atoms with Gasteiger partial charge in [-0.25, -0.2) is 0 Å². The zero-order valence-corrected chi connectivity index (χ0v) is 34.3. The van der Waals surface area contributed by atoms with E-state index in [2.05, 4.69) is 231 Å². The molecule has 0 radical (unpaired) electrons. The number of nitrogens with zero attached hydrogens (tertiary/aromatic N) is 2. The van der Waals surface area contributed by atoms with Crippen LogP contribution < -0.4 is 31.8 Å². The van der Waals surface area contributed by atoms with E-state index >= 15 is 0 Å². The molecule has 2 unspecified atom stereocenters. The van der Waals surface area contributed by atoms with Crippen LogP contribution in [0.25, 0.3) is 0 Å². The highest BCUT2D eigenvalue weighted by Crippen LogP contribution is 2.76. The number of aliphatic imine (C=N–C) groups is 2. The third-order valence-electron chi connectivity index (χ3n) is 12.7. The first-order valence-corrected chi connectivity index (χ1v) is 23.2. The van der Waals surface area contributed by atoms with Gasteiger partial charge in [0.1, 0.15) is 0 Å². The first-order chi connectivity index (χ1) is 29.3. The van der Waals surface area contributed by atoms with Crippen LogP contribution >= 0.6 is 15.8 Å². The van der Waals surface area contributed by atoms with Crippen LogP contribution in [0.4, 0.5) is 0 Å². The Morgan fingerprint density at radius 2 is 0.644 bits per heavy atom. The highest BCUT2D eigenvalue weighted by molar-refractivity contribution is 7.80. The lowest BCUT2D eigenvalue weighted by molar-refractivity contribution is 0.305. The number of rotatable bonds is 10. The minimum Gasteiger partial charge on any atom is -0.286 e. The molecule has 1 spiro atoms. The molecule has 0 bridgehead atoms. The molecule has 4 heteroatoms. The molecule has 0 saturated heterocycles. The van der Waals surface area contributed by atoms with Crippen molar-refractivity contribution >= 4 is 60.1 Å². The summed E-state index contributed by atoms with van der Waals surface area (Å²) in [4.78, 5) is 11.5. The van der Waals surface area contributed by atoms with Crippen LogP contribution in [0.1, 0.15) is 45.2 Å². The van der Waals surface area contributed by atoms with E-state index in [9.17, 15) is 0 Å². The van der Waals surface area contributed by atoms with Crippen molar-refractivity contribution in [1.29, 1.82) is 0 Å². The van der Waals surface area contributed by atoms with Crippen molar-refractivity contribution in [2.45, 2.75) is 29.3 Å². The molecule has 8 aromatic carbocycles. The van der Waals surface area contributed by atoms with Gasteiger partial charge in [0.25, 0.3) is 0 Å². The predicted octanol–water partition coefficient (Wildman–Crippen LogP) is 9.67. The average molecular weight is 793 g/mol. The standard InChI is InChI=1S/C55H42N2P2/c1-5-23-41(24-6-1)58(42-25-7-2-8-26-42)49-35-19-13-21-39(49)37-56-53-51-45-31-15-17-33-47(45)55(51)48-34-18-16-32-46(48)52(55)54(53)57-38-40-22-14-20-36-50(40)59(43-27-9-3-10-28-43)44-29-11-4-12-30-44/h1-38,51-54H/t51?,52?,53-,54-,55?/m1/s1. The second-order valence-corrected chi connectivity index (χ2v) is 20.0. The summed E-state index contributed by atoms with van der Waals surface area (Å²) in [6.45, 7) is 0. The molecule has 4 atom stereocenters. The fourth-order valence-electron chi connectivity index (χ4n) is 10.4. The maximum atomic E-state index is 5.75. The Kier molecular flexibility index (Phi) is 9.34. The van der Waals surface area contributed by atoms with E-state index in [0.29, 0.717) is 0 Å². The molecule has 0 amide bonds. The van der Waals surface area contributed by atoms with E-state index < -0.39 is 15.8 Å². The summed E-state index contributed by atoms with van der Waals surface area (Å²) in [5, 5.41) is 7.98. The van der Waals surface area contributed by atoms with Crippen LogP contribution in [0.3, 0.4) is 0 Å². The van der Waals surface area contributed by atoms with Crippen LogP contribution in [-0.2, 0) is 5.41 Å². The molecule has 0 aromatic heterocycles. The van der Waals surface area contributed by atoms with E-state index in [4.69, 9.17) is 9.98 Å². The highest BCUT2D eigenvalue weighted by atomic mass is 31.1. The molecule has 0 aliphatic heterocycles. The third kappa shape index (κ3) is 5.92. The molecule has 1 fully saturated rings. The first-order valence-electron chi connectivity index (χ1n) is 20.6. The molecule has 3 aliphatic carbocycles. The van der Waals surface area contributed by atoms with Crippen molar-refractivity contribution in [3.63, 3.8) is 0 Å². The zero-order valence-electron chi connectivity index (χ0n) is 32.5. The summed E-state index contributed by atoms with van der Waals surface area (Å²) in [5.41, 5.74) is 8.03. The second-order valence-electron chi connectivity index (χ2n) is 15.7. The molecule has 0 heterocycles. The fourth-order valence-corrected chi connectivity index (χ4v) is 15.2. The number of hydrogen-bond donors (Lipinski definition) is 0. The summed E-state index contributed by atoms with van der Waals surface area (Å²) >= 11 is 0. The fraction of sp³-hybridized carbons (Fsp3) is 0.0909. The van der Waals surface area contributed by atoms with Gasteiger partial charge in [0, 0.05) is 40.8 Å². The second kappa shape index (κ2) is 15.3. The van der Waals surface area contributed by atoms with Gasteiger partial charge >= 0.3 is 0 Å². The summed E-state index contributed by atoms with van der Waals surface area (Å²) in [6.07, 6.45) is 4.40. The van der Waals surface area contributed by atoms with Gasteiger partial charge in [-0.2, -0.15) is 0 Å². The normalized spacial score (nSPS) is 21.1. The number of fused-ring (bicyclic) bond motifs is 4. The Labute approximate surface area is 349 Å². The Morgan fingerprint density at radius 3 is 1.02 bits per heavy atom. The van der Waals surface area contributed by atoms with Crippen LogP contribution in [0.15, 0.2) is 228 Å². The number of benzene rings is 8. The molecule has 282 valence electrons. The van der Waals surface area contributed by atoms with Gasteiger partial charge in [0.2, 0.25) is 0 Å². The van der Waals surface area contributed by atoms with Crippen molar-refractivity contribution in [2.75, 3.05) is 0 Å². The molecule has 3 aliphatic rings. The van der Waals surface area contributed by atoms with E-state index in [1.807, 2.05) is 0 Å². The monoisotopic (exact) mass is 792 g/mol. The molecule has 0 N–H and O–H groups in total. The third-order valence-corrected chi connectivity index (χ3v) is 17.7. The van der Waals surface area contributed by atoms with E-state index in [0.717, 1.165) is 0 Å². The number of hydrogen-bond acceptors (Lipinski definition) is 2. The van der Waals surface area contributed by atoms with Crippen LogP contribution in [0, 0.1) is 0 Å².